The molecule has 35 heavy (non-hydrogen) atoms. The van der Waals surface area contributed by atoms with Gasteiger partial charge in [0, 0.05) is 5.02 Å². The molecule has 0 unspecified atom stereocenters. The van der Waals surface area contributed by atoms with Crippen LogP contribution in [0.4, 0.5) is 10.5 Å². The zero-order valence-corrected chi connectivity index (χ0v) is 22.1. The Morgan fingerprint density at radius 3 is 2.26 bits per heavy atom. The van der Waals surface area contributed by atoms with E-state index < -0.39 is 17.8 Å². The molecule has 1 saturated heterocycles. The molecule has 0 aliphatic carbocycles. The van der Waals surface area contributed by atoms with Gasteiger partial charge in [-0.2, -0.15) is 0 Å². The number of halogens is 5. The van der Waals surface area contributed by atoms with Gasteiger partial charge in [0.15, 0.2) is 5.75 Å². The summed E-state index contributed by atoms with van der Waals surface area (Å²) in [7, 11) is 0. The standard InChI is InChI=1S/C24H13BrCl4N2O4/c25-17-8-13(10-20(29)21(17)35-11-12-1-6-18(27)19(28)9-12)7-16-22(32)30-24(34)31(23(16)33)15-4-2-14(26)3-5-15/h1-10H,11H2,(H,30,32,34)/b16-7+. The topological polar surface area (TPSA) is 75.7 Å². The van der Waals surface area contributed by atoms with Crippen molar-refractivity contribution in [1.29, 1.82) is 0 Å². The Labute approximate surface area is 228 Å². The van der Waals surface area contributed by atoms with Crippen LogP contribution in [0, 0.1) is 0 Å². The number of benzene rings is 3. The number of carbonyl (C=O) groups is 3. The number of imide groups is 2. The van der Waals surface area contributed by atoms with Crippen LogP contribution in [0.1, 0.15) is 11.1 Å². The second-order valence-corrected chi connectivity index (χ2v) is 9.80. The Morgan fingerprint density at radius 2 is 1.60 bits per heavy atom. The minimum absolute atomic E-state index is 0.175. The maximum Gasteiger partial charge on any atom is 0.335 e. The van der Waals surface area contributed by atoms with Crippen LogP contribution in [-0.2, 0) is 16.2 Å². The van der Waals surface area contributed by atoms with Crippen LogP contribution in [0.15, 0.2) is 64.6 Å². The summed E-state index contributed by atoms with van der Waals surface area (Å²) in [6, 6.07) is 13.5. The number of hydrogen-bond acceptors (Lipinski definition) is 4. The molecule has 0 aromatic heterocycles. The van der Waals surface area contributed by atoms with Gasteiger partial charge in [-0.1, -0.05) is 52.5 Å². The molecule has 1 fully saturated rings. The second-order valence-electron chi connectivity index (χ2n) is 7.29. The van der Waals surface area contributed by atoms with Crippen molar-refractivity contribution in [2.75, 3.05) is 4.90 Å². The number of hydrogen-bond donors (Lipinski definition) is 1. The van der Waals surface area contributed by atoms with E-state index in [1.54, 1.807) is 24.3 Å². The molecule has 3 aromatic rings. The monoisotopic (exact) mass is 612 g/mol. The van der Waals surface area contributed by atoms with Crippen molar-refractivity contribution in [1.82, 2.24) is 5.32 Å². The summed E-state index contributed by atoms with van der Waals surface area (Å²) in [5.41, 5.74) is 1.24. The first-order chi connectivity index (χ1) is 16.6. The number of nitrogens with one attached hydrogen (secondary N) is 1. The lowest BCUT2D eigenvalue weighted by Gasteiger charge is -2.26. The van der Waals surface area contributed by atoms with E-state index in [0.717, 1.165) is 10.5 Å². The molecule has 0 atom stereocenters. The molecule has 0 radical (unpaired) electrons. The number of anilines is 1. The first-order valence-electron chi connectivity index (χ1n) is 9.87. The Balaban J connectivity index is 1.59. The van der Waals surface area contributed by atoms with Gasteiger partial charge in [0.2, 0.25) is 0 Å². The van der Waals surface area contributed by atoms with E-state index in [1.807, 2.05) is 0 Å². The molecule has 1 heterocycles. The Bertz CT molecular complexity index is 1370. The van der Waals surface area contributed by atoms with E-state index in [2.05, 4.69) is 21.2 Å². The van der Waals surface area contributed by atoms with Crippen LogP contribution in [0.25, 0.3) is 6.08 Å². The average molecular weight is 615 g/mol. The predicted octanol–water partition coefficient (Wildman–Crippen LogP) is 7.31. The molecule has 1 aliphatic heterocycles. The van der Waals surface area contributed by atoms with Gasteiger partial charge < -0.3 is 4.74 Å². The highest BCUT2D eigenvalue weighted by Crippen LogP contribution is 2.36. The Hall–Kier alpha value is -2.55. The van der Waals surface area contributed by atoms with Crippen LogP contribution in [0.5, 0.6) is 5.75 Å². The Morgan fingerprint density at radius 1 is 0.886 bits per heavy atom. The van der Waals surface area contributed by atoms with Crippen LogP contribution < -0.4 is 15.0 Å². The van der Waals surface area contributed by atoms with Crippen molar-refractivity contribution in [3.05, 3.63) is 95.9 Å². The van der Waals surface area contributed by atoms with E-state index in [9.17, 15) is 14.4 Å². The summed E-state index contributed by atoms with van der Waals surface area (Å²) >= 11 is 27.7. The van der Waals surface area contributed by atoms with Gasteiger partial charge in [0.25, 0.3) is 11.8 Å². The summed E-state index contributed by atoms with van der Waals surface area (Å²) in [6.07, 6.45) is 1.34. The fourth-order valence-corrected chi connectivity index (χ4v) is 4.67. The lowest BCUT2D eigenvalue weighted by atomic mass is 10.1. The molecule has 11 heteroatoms. The van der Waals surface area contributed by atoms with Crippen LogP contribution in [0.2, 0.25) is 20.1 Å². The molecular weight excluding hydrogens is 602 g/mol. The quantitative estimate of drug-likeness (QED) is 0.242. The summed E-state index contributed by atoms with van der Waals surface area (Å²) in [6.45, 7) is 0.175. The normalized spacial score (nSPS) is 14.9. The van der Waals surface area contributed by atoms with Gasteiger partial charge in [-0.3, -0.25) is 14.9 Å². The first-order valence-corrected chi connectivity index (χ1v) is 12.2. The number of rotatable bonds is 5. The van der Waals surface area contributed by atoms with Crippen molar-refractivity contribution < 1.29 is 19.1 Å². The van der Waals surface area contributed by atoms with E-state index in [0.29, 0.717) is 30.9 Å². The third-order valence-electron chi connectivity index (χ3n) is 4.89. The molecule has 0 saturated carbocycles. The minimum Gasteiger partial charge on any atom is -0.486 e. The van der Waals surface area contributed by atoms with Gasteiger partial charge in [0.1, 0.15) is 12.2 Å². The molecule has 0 bridgehead atoms. The summed E-state index contributed by atoms with van der Waals surface area (Å²) in [4.78, 5) is 38.7. The Kier molecular flexibility index (Phi) is 7.73. The van der Waals surface area contributed by atoms with Crippen LogP contribution >= 0.6 is 62.3 Å². The van der Waals surface area contributed by atoms with E-state index in [1.165, 1.54) is 36.4 Å². The van der Waals surface area contributed by atoms with Crippen molar-refractivity contribution in [3.63, 3.8) is 0 Å². The molecule has 6 nitrogen and oxygen atoms in total. The van der Waals surface area contributed by atoms with Gasteiger partial charge >= 0.3 is 6.03 Å². The molecule has 4 rings (SSSR count). The van der Waals surface area contributed by atoms with Gasteiger partial charge in [0.05, 0.1) is 25.2 Å². The van der Waals surface area contributed by atoms with Crippen molar-refractivity contribution >= 4 is 91.9 Å². The molecule has 178 valence electrons. The molecule has 1 aliphatic rings. The number of barbiturate groups is 1. The van der Waals surface area contributed by atoms with Crippen molar-refractivity contribution in [2.45, 2.75) is 6.61 Å². The lowest BCUT2D eigenvalue weighted by Crippen LogP contribution is -2.54. The van der Waals surface area contributed by atoms with E-state index in [-0.39, 0.29) is 22.9 Å². The molecular formula is C24H13BrCl4N2O4. The van der Waals surface area contributed by atoms with Crippen molar-refractivity contribution in [2.24, 2.45) is 0 Å². The third kappa shape index (κ3) is 5.66. The van der Waals surface area contributed by atoms with Gasteiger partial charge in [-0.25, -0.2) is 9.69 Å². The molecule has 4 amide bonds. The number of nitrogens with zero attached hydrogens (tertiary/aromatic N) is 1. The minimum atomic E-state index is -0.857. The molecule has 0 spiro atoms. The maximum atomic E-state index is 13.0. The highest BCUT2D eigenvalue weighted by atomic mass is 79.9. The average Bonchev–Trinajstić information content (AvgIpc) is 2.79. The lowest BCUT2D eigenvalue weighted by molar-refractivity contribution is -0.122. The largest absolute Gasteiger partial charge is 0.486 e. The number of carbonyl (C=O) groups excluding carboxylic acids is 3. The van der Waals surface area contributed by atoms with Crippen LogP contribution in [-0.4, -0.2) is 17.8 Å². The zero-order chi connectivity index (χ0) is 25.3. The summed E-state index contributed by atoms with van der Waals surface area (Å²) < 4.78 is 6.32. The third-order valence-corrected chi connectivity index (χ3v) is 6.75. The maximum absolute atomic E-state index is 13.0. The first kappa shape index (κ1) is 25.5. The van der Waals surface area contributed by atoms with Crippen molar-refractivity contribution in [3.8, 4) is 5.75 Å². The smallest absolute Gasteiger partial charge is 0.335 e. The highest BCUT2D eigenvalue weighted by molar-refractivity contribution is 9.10. The number of ether oxygens (including phenoxy) is 1. The summed E-state index contributed by atoms with van der Waals surface area (Å²) in [5.74, 6) is -1.25. The summed E-state index contributed by atoms with van der Waals surface area (Å²) in [5, 5.41) is 3.68. The number of amides is 4. The number of urea groups is 1. The zero-order valence-electron chi connectivity index (χ0n) is 17.5. The van der Waals surface area contributed by atoms with Gasteiger partial charge in [-0.15, -0.1) is 0 Å². The van der Waals surface area contributed by atoms with E-state index in [4.69, 9.17) is 51.1 Å². The highest BCUT2D eigenvalue weighted by Gasteiger charge is 2.36. The fraction of sp³-hybridized carbons (Fsp3) is 0.0417. The van der Waals surface area contributed by atoms with E-state index >= 15 is 0 Å². The van der Waals surface area contributed by atoms with Gasteiger partial charge in [-0.05, 0) is 81.7 Å². The predicted molar refractivity (Wildman–Crippen MR) is 140 cm³/mol. The fourth-order valence-electron chi connectivity index (χ4n) is 3.23. The van der Waals surface area contributed by atoms with Crippen LogP contribution in [0.3, 0.4) is 0 Å². The SMILES string of the molecule is O=C1NC(=O)N(c2ccc(Cl)cc2)C(=O)/C1=C/c1cc(Cl)c(OCc2ccc(Cl)c(Cl)c2)c(Br)c1. The molecule has 1 N–H and O–H groups in total. The second kappa shape index (κ2) is 10.6. The molecule has 3 aromatic carbocycles.